The molecule has 24 heavy (non-hydrogen) atoms. The summed E-state index contributed by atoms with van der Waals surface area (Å²) in [7, 11) is 0. The van der Waals surface area contributed by atoms with Crippen molar-refractivity contribution in [3.63, 3.8) is 0 Å². The van der Waals surface area contributed by atoms with Crippen molar-refractivity contribution in [2.24, 2.45) is 11.1 Å². The standard InChI is InChI=1S/C18H25N5O/c1-13-15(20-21-23(13)14-7-5-4-6-8-14)11-17(24)22-10-9-16(19)18(2,3)12-22/h4-8,16H,9-12,19H2,1-3H3. The third-order valence-corrected chi connectivity index (χ3v) is 4.97. The van der Waals surface area contributed by atoms with Gasteiger partial charge in [0.15, 0.2) is 0 Å². The van der Waals surface area contributed by atoms with Crippen LogP contribution in [-0.4, -0.2) is 44.9 Å². The van der Waals surface area contributed by atoms with E-state index in [0.717, 1.165) is 30.0 Å². The number of hydrogen-bond acceptors (Lipinski definition) is 4. The first-order valence-electron chi connectivity index (χ1n) is 8.38. The number of aromatic nitrogens is 3. The number of rotatable bonds is 3. The van der Waals surface area contributed by atoms with Crippen molar-refractivity contribution < 1.29 is 4.79 Å². The smallest absolute Gasteiger partial charge is 0.228 e. The van der Waals surface area contributed by atoms with Crippen molar-refractivity contribution in [3.8, 4) is 5.69 Å². The molecule has 1 unspecified atom stereocenters. The van der Waals surface area contributed by atoms with Gasteiger partial charge >= 0.3 is 0 Å². The van der Waals surface area contributed by atoms with Gasteiger partial charge in [-0.25, -0.2) is 4.68 Å². The summed E-state index contributed by atoms with van der Waals surface area (Å²) < 4.78 is 1.78. The van der Waals surface area contributed by atoms with E-state index in [4.69, 9.17) is 5.73 Å². The van der Waals surface area contributed by atoms with Gasteiger partial charge in [-0.1, -0.05) is 37.3 Å². The van der Waals surface area contributed by atoms with Crippen molar-refractivity contribution in [2.75, 3.05) is 13.1 Å². The first kappa shape index (κ1) is 16.6. The van der Waals surface area contributed by atoms with Gasteiger partial charge in [0, 0.05) is 19.1 Å². The minimum absolute atomic E-state index is 0.0510. The fourth-order valence-corrected chi connectivity index (χ4v) is 3.18. The largest absolute Gasteiger partial charge is 0.342 e. The van der Waals surface area contributed by atoms with Gasteiger partial charge in [0.05, 0.1) is 23.5 Å². The molecule has 1 aromatic heterocycles. The quantitative estimate of drug-likeness (QED) is 0.931. The Bertz CT molecular complexity index is 722. The third-order valence-electron chi connectivity index (χ3n) is 4.97. The fraction of sp³-hybridized carbons (Fsp3) is 0.500. The number of carbonyl (C=O) groups excluding carboxylic acids is 1. The molecule has 1 aliphatic rings. The van der Waals surface area contributed by atoms with E-state index < -0.39 is 0 Å². The second kappa shape index (κ2) is 6.36. The molecular formula is C18H25N5O. The van der Waals surface area contributed by atoms with E-state index in [1.807, 2.05) is 42.2 Å². The van der Waals surface area contributed by atoms with Crippen LogP contribution in [0, 0.1) is 12.3 Å². The molecule has 1 aromatic carbocycles. The van der Waals surface area contributed by atoms with Crippen LogP contribution in [0.3, 0.4) is 0 Å². The van der Waals surface area contributed by atoms with Crippen LogP contribution in [0.1, 0.15) is 31.7 Å². The van der Waals surface area contributed by atoms with Crippen LogP contribution in [0.5, 0.6) is 0 Å². The van der Waals surface area contributed by atoms with Gasteiger partial charge in [0.2, 0.25) is 5.91 Å². The average Bonchev–Trinajstić information content (AvgIpc) is 2.91. The summed E-state index contributed by atoms with van der Waals surface area (Å²) in [6.07, 6.45) is 1.12. The topological polar surface area (TPSA) is 77.0 Å². The summed E-state index contributed by atoms with van der Waals surface area (Å²) in [6, 6.07) is 9.97. The molecule has 1 saturated heterocycles. The lowest BCUT2D eigenvalue weighted by Crippen LogP contribution is -2.54. The van der Waals surface area contributed by atoms with Crippen molar-refractivity contribution in [2.45, 2.75) is 39.7 Å². The number of nitrogens with zero attached hydrogens (tertiary/aromatic N) is 4. The van der Waals surface area contributed by atoms with Gasteiger partial charge in [0.1, 0.15) is 0 Å². The summed E-state index contributed by atoms with van der Waals surface area (Å²) in [5.74, 6) is 0.0955. The van der Waals surface area contributed by atoms with Gasteiger partial charge in [0.25, 0.3) is 0 Å². The van der Waals surface area contributed by atoms with Gasteiger partial charge in [-0.05, 0) is 30.9 Å². The molecule has 0 aliphatic carbocycles. The normalized spacial score (nSPS) is 20.2. The number of amides is 1. The molecule has 0 radical (unpaired) electrons. The highest BCUT2D eigenvalue weighted by atomic mass is 16.2. The average molecular weight is 327 g/mol. The monoisotopic (exact) mass is 327 g/mol. The lowest BCUT2D eigenvalue weighted by molar-refractivity contribution is -0.133. The maximum Gasteiger partial charge on any atom is 0.228 e. The van der Waals surface area contributed by atoms with Gasteiger partial charge < -0.3 is 10.6 Å². The molecule has 2 heterocycles. The van der Waals surface area contributed by atoms with Crippen molar-refractivity contribution in [3.05, 3.63) is 41.7 Å². The van der Waals surface area contributed by atoms with Crippen LogP contribution in [0.25, 0.3) is 5.69 Å². The Labute approximate surface area is 142 Å². The Hall–Kier alpha value is -2.21. The fourth-order valence-electron chi connectivity index (χ4n) is 3.18. The highest BCUT2D eigenvalue weighted by Crippen LogP contribution is 2.28. The highest BCUT2D eigenvalue weighted by Gasteiger charge is 2.35. The Kier molecular flexibility index (Phi) is 4.41. The second-order valence-corrected chi connectivity index (χ2v) is 7.24. The molecule has 0 bridgehead atoms. The number of hydrogen-bond donors (Lipinski definition) is 1. The number of piperidine rings is 1. The SMILES string of the molecule is Cc1c(CC(=O)N2CCC(N)C(C)(C)C2)nnn1-c1ccccc1. The predicted octanol–water partition coefficient (Wildman–Crippen LogP) is 1.70. The number of para-hydroxylation sites is 1. The molecule has 6 nitrogen and oxygen atoms in total. The van der Waals surface area contributed by atoms with E-state index in [1.54, 1.807) is 4.68 Å². The van der Waals surface area contributed by atoms with E-state index in [2.05, 4.69) is 24.2 Å². The zero-order valence-electron chi connectivity index (χ0n) is 14.6. The molecule has 1 aliphatic heterocycles. The molecule has 6 heteroatoms. The first-order chi connectivity index (χ1) is 11.4. The van der Waals surface area contributed by atoms with Crippen molar-refractivity contribution in [1.82, 2.24) is 19.9 Å². The zero-order valence-corrected chi connectivity index (χ0v) is 14.6. The molecule has 2 N–H and O–H groups in total. The highest BCUT2D eigenvalue weighted by molar-refractivity contribution is 5.78. The van der Waals surface area contributed by atoms with E-state index in [1.165, 1.54) is 0 Å². The van der Waals surface area contributed by atoms with E-state index in [0.29, 0.717) is 6.54 Å². The van der Waals surface area contributed by atoms with Crippen LogP contribution in [-0.2, 0) is 11.2 Å². The molecule has 1 atom stereocenters. The number of likely N-dealkylation sites (tertiary alicyclic amines) is 1. The third kappa shape index (κ3) is 3.19. The van der Waals surface area contributed by atoms with E-state index >= 15 is 0 Å². The zero-order chi connectivity index (χ0) is 17.3. The second-order valence-electron chi connectivity index (χ2n) is 7.24. The number of nitrogens with two attached hydrogens (primary N) is 1. The Morgan fingerprint density at radius 1 is 1.33 bits per heavy atom. The summed E-state index contributed by atoms with van der Waals surface area (Å²) >= 11 is 0. The minimum Gasteiger partial charge on any atom is -0.342 e. The molecule has 0 spiro atoms. The Morgan fingerprint density at radius 2 is 2.04 bits per heavy atom. The minimum atomic E-state index is -0.0510. The maximum atomic E-state index is 12.7. The molecule has 1 amide bonds. The van der Waals surface area contributed by atoms with Crippen molar-refractivity contribution >= 4 is 5.91 Å². The lowest BCUT2D eigenvalue weighted by atomic mass is 9.79. The van der Waals surface area contributed by atoms with Gasteiger partial charge in [-0.15, -0.1) is 5.10 Å². The van der Waals surface area contributed by atoms with Gasteiger partial charge in [-0.3, -0.25) is 4.79 Å². The number of carbonyl (C=O) groups is 1. The Morgan fingerprint density at radius 3 is 2.71 bits per heavy atom. The van der Waals surface area contributed by atoms with E-state index in [-0.39, 0.29) is 23.8 Å². The molecular weight excluding hydrogens is 302 g/mol. The maximum absolute atomic E-state index is 12.7. The van der Waals surface area contributed by atoms with Crippen LogP contribution in [0.15, 0.2) is 30.3 Å². The summed E-state index contributed by atoms with van der Waals surface area (Å²) in [5, 5.41) is 8.42. The molecule has 3 rings (SSSR count). The predicted molar refractivity (Wildman–Crippen MR) is 92.8 cm³/mol. The van der Waals surface area contributed by atoms with Crippen LogP contribution in [0.4, 0.5) is 0 Å². The molecule has 128 valence electrons. The van der Waals surface area contributed by atoms with Crippen LogP contribution in [0.2, 0.25) is 0 Å². The summed E-state index contributed by atoms with van der Waals surface area (Å²) in [5.41, 5.74) is 8.69. The molecule has 0 saturated carbocycles. The Balaban J connectivity index is 1.73. The summed E-state index contributed by atoms with van der Waals surface area (Å²) in [4.78, 5) is 14.6. The number of benzene rings is 1. The van der Waals surface area contributed by atoms with Crippen LogP contribution < -0.4 is 5.73 Å². The summed E-state index contributed by atoms with van der Waals surface area (Å²) in [6.45, 7) is 7.60. The van der Waals surface area contributed by atoms with Gasteiger partial charge in [-0.2, -0.15) is 0 Å². The molecule has 1 fully saturated rings. The van der Waals surface area contributed by atoms with Crippen LogP contribution >= 0.6 is 0 Å². The van der Waals surface area contributed by atoms with Crippen molar-refractivity contribution in [1.29, 1.82) is 0 Å². The van der Waals surface area contributed by atoms with E-state index in [9.17, 15) is 4.79 Å². The lowest BCUT2D eigenvalue weighted by Gasteiger charge is -2.42. The first-order valence-corrected chi connectivity index (χ1v) is 8.38. The molecule has 2 aromatic rings.